The Bertz CT molecular complexity index is 647. The van der Waals surface area contributed by atoms with Crippen molar-refractivity contribution in [1.29, 1.82) is 0 Å². The van der Waals surface area contributed by atoms with Gasteiger partial charge in [-0.3, -0.25) is 4.79 Å². The Hall–Kier alpha value is -2.83. The molecule has 0 radical (unpaired) electrons. The highest BCUT2D eigenvalue weighted by Gasteiger charge is 2.17. The van der Waals surface area contributed by atoms with Crippen LogP contribution in [0.4, 0.5) is 5.69 Å². The van der Waals surface area contributed by atoms with Gasteiger partial charge in [0.15, 0.2) is 0 Å². The number of phenols is 1. The lowest BCUT2D eigenvalue weighted by molar-refractivity contribution is -0.114. The minimum atomic E-state index is -1.25. The maximum Gasteiger partial charge on any atom is 0.374 e. The molecule has 0 atom stereocenters. The van der Waals surface area contributed by atoms with Gasteiger partial charge in [0.2, 0.25) is 11.7 Å². The van der Waals surface area contributed by atoms with E-state index in [9.17, 15) is 14.7 Å². The van der Waals surface area contributed by atoms with Crippen LogP contribution in [-0.4, -0.2) is 27.2 Å². The highest BCUT2D eigenvalue weighted by Crippen LogP contribution is 2.34. The smallest absolute Gasteiger partial charge is 0.374 e. The number of aromatic nitrogens is 1. The van der Waals surface area contributed by atoms with Crippen LogP contribution in [-0.2, 0) is 4.79 Å². The van der Waals surface area contributed by atoms with Crippen LogP contribution in [0.2, 0.25) is 0 Å². The number of hydrogen-bond acceptors (Lipinski definition) is 5. The third kappa shape index (κ3) is 2.54. The zero-order valence-corrected chi connectivity index (χ0v) is 9.88. The van der Waals surface area contributed by atoms with E-state index < -0.39 is 5.97 Å². The molecule has 1 aromatic carbocycles. The molecule has 0 aliphatic rings. The highest BCUT2D eigenvalue weighted by atomic mass is 16.5. The topological polar surface area (TPSA) is 113 Å². The number of phenolic OH excluding ortho intramolecular Hbond substituents is 1. The quantitative estimate of drug-likeness (QED) is 0.725. The van der Waals surface area contributed by atoms with Gasteiger partial charge in [-0.2, -0.15) is 0 Å². The van der Waals surface area contributed by atoms with Gasteiger partial charge >= 0.3 is 5.97 Å². The number of rotatable bonds is 3. The Morgan fingerprint density at radius 3 is 2.68 bits per heavy atom. The fraction of sp³-hybridized carbons (Fsp3) is 0.0833. The number of nitrogens with zero attached hydrogens (tertiary/aromatic N) is 1. The Labute approximate surface area is 107 Å². The van der Waals surface area contributed by atoms with Crippen molar-refractivity contribution in [3.63, 3.8) is 0 Å². The predicted octanol–water partition coefficient (Wildman–Crippen LogP) is 1.70. The number of benzene rings is 1. The molecule has 7 nitrogen and oxygen atoms in total. The number of carboxylic acids is 1. The second-order valence-corrected chi connectivity index (χ2v) is 3.76. The molecule has 2 aromatic rings. The average Bonchev–Trinajstić information content (AvgIpc) is 2.80. The number of hydrogen-bond donors (Lipinski definition) is 3. The molecule has 7 heteroatoms. The number of carbonyl (C=O) groups is 2. The molecular formula is C12H10N2O5. The summed E-state index contributed by atoms with van der Waals surface area (Å²) in [5, 5.41) is 24.5. The first kappa shape index (κ1) is 12.6. The van der Waals surface area contributed by atoms with Gasteiger partial charge in [0, 0.05) is 18.6 Å². The molecule has 0 saturated heterocycles. The first-order valence-electron chi connectivity index (χ1n) is 5.29. The van der Waals surface area contributed by atoms with Gasteiger partial charge in [-0.15, -0.1) is 0 Å². The lowest BCUT2D eigenvalue weighted by atomic mass is 10.1. The first-order chi connectivity index (χ1) is 8.99. The molecule has 3 N–H and O–H groups in total. The Morgan fingerprint density at radius 1 is 1.37 bits per heavy atom. The van der Waals surface area contributed by atoms with Gasteiger partial charge in [0.1, 0.15) is 11.4 Å². The van der Waals surface area contributed by atoms with Gasteiger partial charge in [0.25, 0.3) is 0 Å². The van der Waals surface area contributed by atoms with Gasteiger partial charge in [0.05, 0.1) is 5.69 Å². The number of nitrogens with one attached hydrogen (secondary N) is 1. The van der Waals surface area contributed by atoms with Crippen LogP contribution >= 0.6 is 0 Å². The van der Waals surface area contributed by atoms with E-state index in [1.165, 1.54) is 19.1 Å². The molecule has 0 aliphatic carbocycles. The summed E-state index contributed by atoms with van der Waals surface area (Å²) in [6, 6.07) is 5.73. The monoisotopic (exact) mass is 262 g/mol. The lowest BCUT2D eigenvalue weighted by Crippen LogP contribution is -2.07. The Balaban J connectivity index is 2.51. The minimum Gasteiger partial charge on any atom is -0.506 e. The van der Waals surface area contributed by atoms with Crippen LogP contribution in [0.3, 0.4) is 0 Å². The lowest BCUT2D eigenvalue weighted by Gasteiger charge is -2.09. The largest absolute Gasteiger partial charge is 0.506 e. The van der Waals surface area contributed by atoms with Crippen LogP contribution in [0.1, 0.15) is 17.5 Å². The number of amides is 1. The van der Waals surface area contributed by atoms with E-state index in [0.717, 1.165) is 0 Å². The fourth-order valence-corrected chi connectivity index (χ4v) is 1.56. The Kier molecular flexibility index (Phi) is 3.19. The summed E-state index contributed by atoms with van der Waals surface area (Å²) in [4.78, 5) is 21.8. The van der Waals surface area contributed by atoms with E-state index in [1.54, 1.807) is 12.1 Å². The molecule has 0 spiro atoms. The fourth-order valence-electron chi connectivity index (χ4n) is 1.56. The standard InChI is InChI=1S/C12H10N2O5/c1-6(15)13-11-7(3-2-4-9(11)16)8-5-10(12(17)18)19-14-8/h2-5,16H,1H3,(H,13,15)(H,17,18). The van der Waals surface area contributed by atoms with Crippen molar-refractivity contribution in [1.82, 2.24) is 5.16 Å². The van der Waals surface area contributed by atoms with Gasteiger partial charge in [-0.1, -0.05) is 17.3 Å². The molecule has 2 rings (SSSR count). The summed E-state index contributed by atoms with van der Waals surface area (Å²) >= 11 is 0. The van der Waals surface area contributed by atoms with Gasteiger partial charge in [-0.25, -0.2) is 4.79 Å². The van der Waals surface area contributed by atoms with Gasteiger partial charge < -0.3 is 20.1 Å². The molecule has 1 heterocycles. The van der Waals surface area contributed by atoms with E-state index in [4.69, 9.17) is 5.11 Å². The molecule has 0 fully saturated rings. The van der Waals surface area contributed by atoms with Crippen molar-refractivity contribution in [2.45, 2.75) is 6.92 Å². The third-order valence-corrected chi connectivity index (χ3v) is 2.34. The Morgan fingerprint density at radius 2 is 2.11 bits per heavy atom. The van der Waals surface area contributed by atoms with E-state index in [1.807, 2.05) is 0 Å². The SMILES string of the molecule is CC(=O)Nc1c(O)cccc1-c1cc(C(=O)O)on1. The van der Waals surface area contributed by atoms with Crippen molar-refractivity contribution in [2.75, 3.05) is 5.32 Å². The molecule has 1 amide bonds. The van der Waals surface area contributed by atoms with E-state index in [0.29, 0.717) is 5.56 Å². The highest BCUT2D eigenvalue weighted by molar-refractivity contribution is 5.96. The summed E-state index contributed by atoms with van der Waals surface area (Å²) in [5.41, 5.74) is 0.726. The van der Waals surface area contributed by atoms with E-state index in [2.05, 4.69) is 15.0 Å². The third-order valence-electron chi connectivity index (χ3n) is 2.34. The zero-order chi connectivity index (χ0) is 14.0. The van der Waals surface area contributed by atoms with E-state index >= 15 is 0 Å². The maximum atomic E-state index is 11.1. The number of carbonyl (C=O) groups excluding carboxylic acids is 1. The molecule has 0 unspecified atom stereocenters. The summed E-state index contributed by atoms with van der Waals surface area (Å²) in [5.74, 6) is -2.09. The predicted molar refractivity (Wildman–Crippen MR) is 64.9 cm³/mol. The van der Waals surface area contributed by atoms with Gasteiger partial charge in [-0.05, 0) is 6.07 Å². The molecular weight excluding hydrogens is 252 g/mol. The normalized spacial score (nSPS) is 10.2. The first-order valence-corrected chi connectivity index (χ1v) is 5.29. The summed E-state index contributed by atoms with van der Waals surface area (Å²) < 4.78 is 4.64. The van der Waals surface area contributed by atoms with Crippen molar-refractivity contribution in [2.24, 2.45) is 0 Å². The average molecular weight is 262 g/mol. The van der Waals surface area contributed by atoms with E-state index in [-0.39, 0.29) is 28.8 Å². The molecule has 98 valence electrons. The van der Waals surface area contributed by atoms with Crippen LogP contribution in [0.25, 0.3) is 11.3 Å². The number of aromatic hydroxyl groups is 1. The number of anilines is 1. The van der Waals surface area contributed by atoms with Crippen molar-refractivity contribution >= 4 is 17.6 Å². The molecule has 19 heavy (non-hydrogen) atoms. The molecule has 1 aromatic heterocycles. The van der Waals surface area contributed by atoms with Crippen molar-refractivity contribution in [3.05, 3.63) is 30.0 Å². The van der Waals surface area contributed by atoms with Crippen molar-refractivity contribution in [3.8, 4) is 17.0 Å². The summed E-state index contributed by atoms with van der Waals surface area (Å²) in [6.07, 6.45) is 0. The molecule has 0 bridgehead atoms. The second-order valence-electron chi connectivity index (χ2n) is 3.76. The second kappa shape index (κ2) is 4.81. The zero-order valence-electron chi connectivity index (χ0n) is 9.88. The van der Waals surface area contributed by atoms with Crippen molar-refractivity contribution < 1.29 is 24.3 Å². The number of aromatic carboxylic acids is 1. The minimum absolute atomic E-state index is 0.146. The summed E-state index contributed by atoms with van der Waals surface area (Å²) in [6.45, 7) is 1.29. The number of carboxylic acid groups (broad SMARTS) is 1. The number of para-hydroxylation sites is 1. The van der Waals surface area contributed by atoms with Crippen LogP contribution < -0.4 is 5.32 Å². The van der Waals surface area contributed by atoms with Crippen LogP contribution in [0, 0.1) is 0 Å². The summed E-state index contributed by atoms with van der Waals surface area (Å²) in [7, 11) is 0. The van der Waals surface area contributed by atoms with Crippen LogP contribution in [0.5, 0.6) is 5.75 Å². The molecule has 0 saturated carbocycles. The van der Waals surface area contributed by atoms with Crippen LogP contribution in [0.15, 0.2) is 28.8 Å². The molecule has 0 aliphatic heterocycles. The maximum absolute atomic E-state index is 11.1.